The summed E-state index contributed by atoms with van der Waals surface area (Å²) in [7, 11) is -3.63. The van der Waals surface area contributed by atoms with E-state index in [4.69, 9.17) is 5.14 Å². The average Bonchev–Trinajstić information content (AvgIpc) is 2.10. The van der Waals surface area contributed by atoms with Crippen LogP contribution in [0.5, 0.6) is 0 Å². The van der Waals surface area contributed by atoms with E-state index in [0.29, 0.717) is 11.6 Å². The van der Waals surface area contributed by atoms with Gasteiger partial charge in [0.2, 0.25) is 10.0 Å². The quantitative estimate of drug-likeness (QED) is 0.837. The first-order valence-electron chi connectivity index (χ1n) is 5.04. The number of rotatable bonds is 3. The molecule has 2 N–H and O–H groups in total. The zero-order valence-corrected chi connectivity index (χ0v) is 9.20. The highest BCUT2D eigenvalue weighted by Crippen LogP contribution is 2.30. The summed E-state index contributed by atoms with van der Waals surface area (Å²) in [6, 6.07) is 3.13. The number of aromatic nitrogens is 1. The van der Waals surface area contributed by atoms with E-state index in [-0.39, 0.29) is 4.90 Å². The number of sulfonamides is 1. The first-order valence-corrected chi connectivity index (χ1v) is 6.58. The largest absolute Gasteiger partial charge is 0.260 e. The molecule has 0 radical (unpaired) electrons. The van der Waals surface area contributed by atoms with Crippen LogP contribution in [0.15, 0.2) is 23.2 Å². The summed E-state index contributed by atoms with van der Waals surface area (Å²) < 4.78 is 22.6. The molecule has 1 aromatic heterocycles. The van der Waals surface area contributed by atoms with Gasteiger partial charge in [-0.25, -0.2) is 13.6 Å². The summed E-state index contributed by atoms with van der Waals surface area (Å²) >= 11 is 0. The summed E-state index contributed by atoms with van der Waals surface area (Å²) in [5.74, 6) is 0.584. The van der Waals surface area contributed by atoms with Gasteiger partial charge >= 0.3 is 0 Å². The number of primary sulfonamides is 1. The number of hydrogen-bond acceptors (Lipinski definition) is 3. The molecule has 82 valence electrons. The third-order valence-electron chi connectivity index (χ3n) is 2.86. The van der Waals surface area contributed by atoms with Crippen molar-refractivity contribution >= 4 is 10.0 Å². The molecule has 0 aliphatic heterocycles. The summed E-state index contributed by atoms with van der Waals surface area (Å²) in [6.07, 6.45) is 5.92. The summed E-state index contributed by atoms with van der Waals surface area (Å²) in [4.78, 5) is 4.29. The molecule has 1 saturated carbocycles. The number of nitrogens with two attached hydrogens (primary N) is 1. The van der Waals surface area contributed by atoms with Crippen molar-refractivity contribution in [1.82, 2.24) is 4.98 Å². The molecule has 0 amide bonds. The normalized spacial score (nSPS) is 17.4. The van der Waals surface area contributed by atoms with E-state index in [2.05, 4.69) is 4.98 Å². The Balaban J connectivity index is 2.29. The van der Waals surface area contributed by atoms with Crippen LogP contribution < -0.4 is 5.14 Å². The Hall–Kier alpha value is -0.940. The van der Waals surface area contributed by atoms with E-state index in [1.807, 2.05) is 0 Å². The lowest BCUT2D eigenvalue weighted by Crippen LogP contribution is -2.19. The highest BCUT2D eigenvalue weighted by molar-refractivity contribution is 7.89. The molecule has 1 heterocycles. The standard InChI is InChI=1S/C10H14N2O2S/c11-15(13,14)10-5-2-6-12-9(10)7-8-3-1-4-8/h2,5-6,8H,1,3-4,7H2,(H2,11,13,14). The van der Waals surface area contributed by atoms with E-state index < -0.39 is 10.0 Å². The highest BCUT2D eigenvalue weighted by atomic mass is 32.2. The van der Waals surface area contributed by atoms with E-state index in [0.717, 1.165) is 6.42 Å². The van der Waals surface area contributed by atoms with Gasteiger partial charge in [0.15, 0.2) is 0 Å². The van der Waals surface area contributed by atoms with Crippen LogP contribution in [-0.4, -0.2) is 13.4 Å². The van der Waals surface area contributed by atoms with Gasteiger partial charge in [-0.1, -0.05) is 19.3 Å². The van der Waals surface area contributed by atoms with Gasteiger partial charge in [0.25, 0.3) is 0 Å². The SMILES string of the molecule is NS(=O)(=O)c1cccnc1CC1CCC1. The lowest BCUT2D eigenvalue weighted by atomic mass is 9.82. The summed E-state index contributed by atoms with van der Waals surface area (Å²) in [6.45, 7) is 0. The minimum atomic E-state index is -3.63. The molecule has 1 fully saturated rings. The first-order chi connectivity index (χ1) is 7.07. The molecular formula is C10H14N2O2S. The third-order valence-corrected chi connectivity index (χ3v) is 3.85. The molecule has 15 heavy (non-hydrogen) atoms. The number of hydrogen-bond donors (Lipinski definition) is 1. The van der Waals surface area contributed by atoms with Crippen LogP contribution in [0.1, 0.15) is 25.0 Å². The minimum Gasteiger partial charge on any atom is -0.260 e. The van der Waals surface area contributed by atoms with Crippen molar-refractivity contribution in [2.75, 3.05) is 0 Å². The maximum Gasteiger partial charge on any atom is 0.239 e. The molecule has 0 bridgehead atoms. The highest BCUT2D eigenvalue weighted by Gasteiger charge is 2.22. The molecular weight excluding hydrogens is 212 g/mol. The Morgan fingerprint density at radius 3 is 2.73 bits per heavy atom. The van der Waals surface area contributed by atoms with Crippen LogP contribution in [0.4, 0.5) is 0 Å². The Morgan fingerprint density at radius 1 is 1.47 bits per heavy atom. The van der Waals surface area contributed by atoms with Crippen molar-refractivity contribution in [3.05, 3.63) is 24.0 Å². The predicted molar refractivity (Wildman–Crippen MR) is 56.7 cm³/mol. The topological polar surface area (TPSA) is 73.1 Å². The molecule has 1 aromatic rings. The lowest BCUT2D eigenvalue weighted by molar-refractivity contribution is 0.310. The fraction of sp³-hybridized carbons (Fsp3) is 0.500. The summed E-state index contributed by atoms with van der Waals surface area (Å²) in [5, 5.41) is 5.12. The average molecular weight is 226 g/mol. The van der Waals surface area contributed by atoms with Gasteiger partial charge in [-0.3, -0.25) is 4.98 Å². The molecule has 0 spiro atoms. The zero-order chi connectivity index (χ0) is 10.9. The van der Waals surface area contributed by atoms with Crippen molar-refractivity contribution in [3.63, 3.8) is 0 Å². The molecule has 0 unspecified atom stereocenters. The van der Waals surface area contributed by atoms with Crippen LogP contribution >= 0.6 is 0 Å². The van der Waals surface area contributed by atoms with Crippen molar-refractivity contribution in [2.24, 2.45) is 11.1 Å². The van der Waals surface area contributed by atoms with Crippen LogP contribution in [-0.2, 0) is 16.4 Å². The first kappa shape index (κ1) is 10.6. The molecule has 0 aromatic carbocycles. The van der Waals surface area contributed by atoms with Gasteiger partial charge in [0.05, 0.1) is 5.69 Å². The van der Waals surface area contributed by atoms with E-state index in [1.54, 1.807) is 12.3 Å². The smallest absolute Gasteiger partial charge is 0.239 e. The molecule has 2 rings (SSSR count). The van der Waals surface area contributed by atoms with Crippen LogP contribution in [0.2, 0.25) is 0 Å². The zero-order valence-electron chi connectivity index (χ0n) is 8.39. The Morgan fingerprint density at radius 2 is 2.20 bits per heavy atom. The van der Waals surface area contributed by atoms with E-state index in [9.17, 15) is 8.42 Å². The van der Waals surface area contributed by atoms with E-state index >= 15 is 0 Å². The van der Waals surface area contributed by atoms with Crippen molar-refractivity contribution in [3.8, 4) is 0 Å². The van der Waals surface area contributed by atoms with Crippen LogP contribution in [0, 0.1) is 5.92 Å². The van der Waals surface area contributed by atoms with Gasteiger partial charge in [-0.05, 0) is 24.5 Å². The monoisotopic (exact) mass is 226 g/mol. The van der Waals surface area contributed by atoms with Gasteiger partial charge in [0, 0.05) is 6.20 Å². The molecule has 0 atom stereocenters. The Kier molecular flexibility index (Phi) is 2.75. The number of nitrogens with zero attached hydrogens (tertiary/aromatic N) is 1. The van der Waals surface area contributed by atoms with Gasteiger partial charge in [0.1, 0.15) is 4.90 Å². The van der Waals surface area contributed by atoms with Gasteiger partial charge in [-0.15, -0.1) is 0 Å². The Bertz CT molecular complexity index is 452. The van der Waals surface area contributed by atoms with Crippen molar-refractivity contribution < 1.29 is 8.42 Å². The molecule has 0 saturated heterocycles. The molecule has 5 heteroatoms. The molecule has 4 nitrogen and oxygen atoms in total. The summed E-state index contributed by atoms with van der Waals surface area (Å²) in [5.41, 5.74) is 0.615. The Labute approximate surface area is 89.6 Å². The van der Waals surface area contributed by atoms with Gasteiger partial charge in [-0.2, -0.15) is 0 Å². The second kappa shape index (κ2) is 3.90. The predicted octanol–water partition coefficient (Wildman–Crippen LogP) is 1.07. The van der Waals surface area contributed by atoms with Crippen molar-refractivity contribution in [1.29, 1.82) is 0 Å². The third kappa shape index (κ3) is 2.35. The van der Waals surface area contributed by atoms with Crippen molar-refractivity contribution in [2.45, 2.75) is 30.6 Å². The van der Waals surface area contributed by atoms with E-state index in [1.165, 1.54) is 25.3 Å². The van der Waals surface area contributed by atoms with Crippen LogP contribution in [0.25, 0.3) is 0 Å². The maximum absolute atomic E-state index is 11.3. The second-order valence-corrected chi connectivity index (χ2v) is 5.52. The minimum absolute atomic E-state index is 0.178. The molecule has 1 aliphatic rings. The second-order valence-electron chi connectivity index (χ2n) is 3.99. The fourth-order valence-corrected chi connectivity index (χ4v) is 2.54. The van der Waals surface area contributed by atoms with Gasteiger partial charge < -0.3 is 0 Å². The molecule has 1 aliphatic carbocycles. The van der Waals surface area contributed by atoms with Crippen LogP contribution in [0.3, 0.4) is 0 Å². The lowest BCUT2D eigenvalue weighted by Gasteiger charge is -2.25. The maximum atomic E-state index is 11.3. The number of pyridine rings is 1. The fourth-order valence-electron chi connectivity index (χ4n) is 1.81.